The first-order chi connectivity index (χ1) is 11.7. The number of benzene rings is 2. The largest absolute Gasteiger partial charge is 0.489 e. The minimum atomic E-state index is -0.218. The van der Waals surface area contributed by atoms with E-state index in [0.29, 0.717) is 18.6 Å². The minimum Gasteiger partial charge on any atom is -0.489 e. The molecule has 1 fully saturated rings. The summed E-state index contributed by atoms with van der Waals surface area (Å²) < 4.78 is 18.8. The van der Waals surface area contributed by atoms with Gasteiger partial charge in [-0.25, -0.2) is 4.39 Å². The molecule has 4 rings (SSSR count). The van der Waals surface area contributed by atoms with E-state index in [4.69, 9.17) is 4.74 Å². The van der Waals surface area contributed by atoms with Gasteiger partial charge in [-0.15, -0.1) is 0 Å². The van der Waals surface area contributed by atoms with E-state index in [0.717, 1.165) is 24.4 Å². The maximum Gasteiger partial charge on any atom is 0.123 e. The van der Waals surface area contributed by atoms with Gasteiger partial charge in [0.25, 0.3) is 0 Å². The van der Waals surface area contributed by atoms with Crippen molar-refractivity contribution in [2.24, 2.45) is 0 Å². The summed E-state index contributed by atoms with van der Waals surface area (Å²) in [6.07, 6.45) is 2.39. The topological polar surface area (TPSA) is 24.5 Å². The second kappa shape index (κ2) is 6.44. The summed E-state index contributed by atoms with van der Waals surface area (Å²) >= 11 is 0. The number of halogens is 1. The molecule has 2 aliphatic heterocycles. The van der Waals surface area contributed by atoms with Crippen LogP contribution in [-0.4, -0.2) is 31.1 Å². The van der Waals surface area contributed by atoms with Crippen molar-refractivity contribution >= 4 is 5.69 Å². The summed E-state index contributed by atoms with van der Waals surface area (Å²) in [5.74, 6) is 1.25. The van der Waals surface area contributed by atoms with Gasteiger partial charge in [-0.05, 0) is 62.3 Å². The predicted molar refractivity (Wildman–Crippen MR) is 94.1 cm³/mol. The van der Waals surface area contributed by atoms with Crippen molar-refractivity contribution in [1.82, 2.24) is 4.90 Å². The first-order valence-corrected chi connectivity index (χ1v) is 8.65. The summed E-state index contributed by atoms with van der Waals surface area (Å²) in [5.41, 5.74) is 3.61. The number of ether oxygens (including phenoxy) is 1. The quantitative estimate of drug-likeness (QED) is 0.922. The van der Waals surface area contributed by atoms with Gasteiger partial charge >= 0.3 is 0 Å². The highest BCUT2D eigenvalue weighted by molar-refractivity contribution is 5.62. The van der Waals surface area contributed by atoms with Gasteiger partial charge in [-0.2, -0.15) is 0 Å². The van der Waals surface area contributed by atoms with E-state index in [2.05, 4.69) is 35.5 Å². The number of hydrogen-bond donors (Lipinski definition) is 1. The second-order valence-corrected chi connectivity index (χ2v) is 6.90. The fraction of sp³-hybridized carbons (Fsp3) is 0.400. The Hall–Kier alpha value is -2.07. The second-order valence-electron chi connectivity index (χ2n) is 6.90. The molecule has 1 N–H and O–H groups in total. The Kier molecular flexibility index (Phi) is 4.15. The standard InChI is InChI=1S/C20H23FN2O/c1-23-10-8-18-17-7-6-16(12-20(17)22-19(18)9-11-23)24-13-14-2-4-15(21)5-3-14/h2-7,12,18-19,22H,8-11,13H2,1H3. The van der Waals surface area contributed by atoms with Crippen molar-refractivity contribution in [3.63, 3.8) is 0 Å². The van der Waals surface area contributed by atoms with Crippen LogP contribution in [0.3, 0.4) is 0 Å². The average molecular weight is 326 g/mol. The molecule has 0 aliphatic carbocycles. The molecule has 0 bridgehead atoms. The van der Waals surface area contributed by atoms with Crippen LogP contribution in [0, 0.1) is 5.82 Å². The lowest BCUT2D eigenvalue weighted by molar-refractivity contribution is 0.306. The Labute approximate surface area is 142 Å². The van der Waals surface area contributed by atoms with E-state index in [-0.39, 0.29) is 5.82 Å². The molecule has 4 heteroatoms. The molecule has 2 aromatic rings. The summed E-state index contributed by atoms with van der Waals surface area (Å²) in [4.78, 5) is 2.42. The lowest BCUT2D eigenvalue weighted by atomic mass is 9.91. The molecule has 0 radical (unpaired) electrons. The van der Waals surface area contributed by atoms with Crippen molar-refractivity contribution in [3.05, 3.63) is 59.4 Å². The highest BCUT2D eigenvalue weighted by Crippen LogP contribution is 2.42. The van der Waals surface area contributed by atoms with E-state index in [1.54, 1.807) is 12.1 Å². The monoisotopic (exact) mass is 326 g/mol. The summed E-state index contributed by atoms with van der Waals surface area (Å²) in [5, 5.41) is 3.69. The van der Waals surface area contributed by atoms with Crippen molar-refractivity contribution in [3.8, 4) is 5.75 Å². The van der Waals surface area contributed by atoms with E-state index in [9.17, 15) is 4.39 Å². The first-order valence-electron chi connectivity index (χ1n) is 8.65. The van der Waals surface area contributed by atoms with Crippen LogP contribution < -0.4 is 10.1 Å². The van der Waals surface area contributed by atoms with E-state index in [1.807, 2.05) is 0 Å². The molecule has 2 heterocycles. The zero-order chi connectivity index (χ0) is 16.5. The predicted octanol–water partition coefficient (Wildman–Crippen LogP) is 4.01. The molecule has 2 aliphatic rings. The molecular weight excluding hydrogens is 303 g/mol. The molecule has 2 atom stereocenters. The maximum atomic E-state index is 12.9. The fourth-order valence-corrected chi connectivity index (χ4v) is 3.80. The van der Waals surface area contributed by atoms with E-state index in [1.165, 1.54) is 36.2 Å². The minimum absolute atomic E-state index is 0.218. The molecule has 24 heavy (non-hydrogen) atoms. The summed E-state index contributed by atoms with van der Waals surface area (Å²) in [7, 11) is 2.20. The van der Waals surface area contributed by atoms with Crippen LogP contribution in [0.2, 0.25) is 0 Å². The van der Waals surface area contributed by atoms with Crippen molar-refractivity contribution in [2.75, 3.05) is 25.5 Å². The molecular formula is C20H23FN2O. The third-order valence-corrected chi connectivity index (χ3v) is 5.21. The van der Waals surface area contributed by atoms with Crippen molar-refractivity contribution in [2.45, 2.75) is 31.4 Å². The van der Waals surface area contributed by atoms with Crippen LogP contribution in [-0.2, 0) is 6.61 Å². The third kappa shape index (κ3) is 3.11. The number of anilines is 1. The fourth-order valence-electron chi connectivity index (χ4n) is 3.80. The van der Waals surface area contributed by atoms with Gasteiger partial charge in [0.1, 0.15) is 18.2 Å². The highest BCUT2D eigenvalue weighted by Gasteiger charge is 2.33. The SMILES string of the molecule is CN1CCC2Nc3cc(OCc4ccc(F)cc4)ccc3C2CC1. The number of nitrogens with zero attached hydrogens (tertiary/aromatic N) is 1. The summed E-state index contributed by atoms with van der Waals surface area (Å²) in [6.45, 7) is 2.76. The van der Waals surface area contributed by atoms with Crippen LogP contribution in [0.15, 0.2) is 42.5 Å². The zero-order valence-corrected chi connectivity index (χ0v) is 14.0. The number of hydrogen-bond acceptors (Lipinski definition) is 3. The Bertz CT molecular complexity index is 716. The van der Waals surface area contributed by atoms with Gasteiger partial charge in [0.05, 0.1) is 0 Å². The molecule has 3 nitrogen and oxygen atoms in total. The molecule has 126 valence electrons. The van der Waals surface area contributed by atoms with E-state index < -0.39 is 0 Å². The molecule has 0 spiro atoms. The molecule has 2 unspecified atom stereocenters. The molecule has 2 aromatic carbocycles. The number of rotatable bonds is 3. The molecule has 0 amide bonds. The molecule has 0 aromatic heterocycles. The smallest absolute Gasteiger partial charge is 0.123 e. The van der Waals surface area contributed by atoms with Crippen LogP contribution >= 0.6 is 0 Å². The first kappa shape index (κ1) is 15.5. The number of fused-ring (bicyclic) bond motifs is 3. The molecule has 1 saturated heterocycles. The Morgan fingerprint density at radius 3 is 2.75 bits per heavy atom. The van der Waals surface area contributed by atoms with Crippen molar-refractivity contribution in [1.29, 1.82) is 0 Å². The van der Waals surface area contributed by atoms with Gasteiger partial charge in [-0.3, -0.25) is 0 Å². The van der Waals surface area contributed by atoms with Crippen LogP contribution in [0.1, 0.15) is 29.9 Å². The zero-order valence-electron chi connectivity index (χ0n) is 14.0. The number of nitrogens with one attached hydrogen (secondary N) is 1. The van der Waals surface area contributed by atoms with Crippen LogP contribution in [0.25, 0.3) is 0 Å². The van der Waals surface area contributed by atoms with Gasteiger partial charge in [0.2, 0.25) is 0 Å². The highest BCUT2D eigenvalue weighted by atomic mass is 19.1. The van der Waals surface area contributed by atoms with Crippen LogP contribution in [0.4, 0.5) is 10.1 Å². The van der Waals surface area contributed by atoms with Gasteiger partial charge < -0.3 is 15.0 Å². The maximum absolute atomic E-state index is 12.9. The average Bonchev–Trinajstić information content (AvgIpc) is 2.84. The number of likely N-dealkylation sites (tertiary alicyclic amines) is 1. The van der Waals surface area contributed by atoms with Gasteiger partial charge in [-0.1, -0.05) is 18.2 Å². The normalized spacial score (nSPS) is 23.1. The Balaban J connectivity index is 1.46. The van der Waals surface area contributed by atoms with Crippen molar-refractivity contribution < 1.29 is 9.13 Å². The van der Waals surface area contributed by atoms with Gasteiger partial charge in [0.15, 0.2) is 0 Å². The molecule has 0 saturated carbocycles. The van der Waals surface area contributed by atoms with Crippen LogP contribution in [0.5, 0.6) is 5.75 Å². The lowest BCUT2D eigenvalue weighted by Crippen LogP contribution is -2.22. The van der Waals surface area contributed by atoms with E-state index >= 15 is 0 Å². The Morgan fingerprint density at radius 2 is 1.92 bits per heavy atom. The third-order valence-electron chi connectivity index (χ3n) is 5.21. The van der Waals surface area contributed by atoms with Gasteiger partial charge in [0, 0.05) is 23.7 Å². The Morgan fingerprint density at radius 1 is 1.12 bits per heavy atom. The summed E-state index contributed by atoms with van der Waals surface area (Å²) in [6, 6.07) is 13.4. The lowest BCUT2D eigenvalue weighted by Gasteiger charge is -2.15.